The molecule has 8 nitrogen and oxygen atoms in total. The van der Waals surface area contributed by atoms with Gasteiger partial charge in [0.15, 0.2) is 6.10 Å². The first-order chi connectivity index (χ1) is 16.0. The second kappa shape index (κ2) is 7.32. The predicted molar refractivity (Wildman–Crippen MR) is 111 cm³/mol. The Bertz CT molecular complexity index is 1130. The normalized spacial score (nSPS) is 35.8. The van der Waals surface area contributed by atoms with Gasteiger partial charge in [-0.05, 0) is 50.3 Å². The van der Waals surface area contributed by atoms with E-state index in [1.54, 1.807) is 24.4 Å². The van der Waals surface area contributed by atoms with Crippen molar-refractivity contribution < 1.29 is 32.5 Å². The van der Waals surface area contributed by atoms with Crippen LogP contribution in [0.1, 0.15) is 61.9 Å². The molecule has 1 aliphatic heterocycles. The van der Waals surface area contributed by atoms with Crippen molar-refractivity contribution in [3.05, 3.63) is 40.7 Å². The fourth-order valence-electron chi connectivity index (χ4n) is 5.82. The fourth-order valence-corrected chi connectivity index (χ4v) is 6.00. The molecule has 182 valence electrons. The van der Waals surface area contributed by atoms with Crippen molar-refractivity contribution in [1.29, 1.82) is 0 Å². The van der Waals surface area contributed by atoms with E-state index in [4.69, 9.17) is 16.3 Å². The zero-order chi connectivity index (χ0) is 23.9. The number of nitrogens with one attached hydrogen (secondary N) is 1. The lowest BCUT2D eigenvalue weighted by Crippen LogP contribution is -2.77. The number of benzene rings is 1. The molecule has 7 rings (SSSR count). The summed E-state index contributed by atoms with van der Waals surface area (Å²) >= 11 is 5.98. The molecule has 0 saturated heterocycles. The molecule has 1 aromatic carbocycles. The number of hydrogen-bond donors (Lipinski definition) is 2. The molecule has 1 aromatic heterocycles. The molecule has 2 atom stereocenters. The van der Waals surface area contributed by atoms with Gasteiger partial charge in [-0.1, -0.05) is 11.6 Å². The van der Waals surface area contributed by atoms with Gasteiger partial charge in [-0.15, -0.1) is 13.2 Å². The van der Waals surface area contributed by atoms with E-state index in [9.17, 15) is 23.1 Å². The Kier molecular flexibility index (Phi) is 4.76. The van der Waals surface area contributed by atoms with Gasteiger partial charge in [0.2, 0.25) is 0 Å². The van der Waals surface area contributed by atoms with Crippen LogP contribution in [0.15, 0.2) is 24.4 Å². The number of fused-ring (bicyclic) bond motifs is 1. The molecule has 4 fully saturated rings. The van der Waals surface area contributed by atoms with Crippen molar-refractivity contribution in [3.8, 4) is 5.75 Å². The lowest BCUT2D eigenvalue weighted by molar-refractivity contribution is -0.353. The van der Waals surface area contributed by atoms with E-state index in [-0.39, 0.29) is 42.2 Å². The van der Waals surface area contributed by atoms with E-state index in [2.05, 4.69) is 20.3 Å². The Morgan fingerprint density at radius 2 is 2.00 bits per heavy atom. The van der Waals surface area contributed by atoms with Crippen LogP contribution in [0.4, 0.5) is 13.2 Å². The van der Waals surface area contributed by atoms with Crippen molar-refractivity contribution in [1.82, 2.24) is 20.3 Å². The number of hydrogen-bond acceptors (Lipinski definition) is 6. The Morgan fingerprint density at radius 3 is 2.71 bits per heavy atom. The third-order valence-electron chi connectivity index (χ3n) is 7.50. The van der Waals surface area contributed by atoms with Crippen molar-refractivity contribution in [2.45, 2.75) is 80.2 Å². The van der Waals surface area contributed by atoms with Gasteiger partial charge in [0.25, 0.3) is 5.91 Å². The number of carbonyl (C=O) groups excluding carboxylic acids is 1. The molecule has 4 saturated carbocycles. The standard InChI is InChI=1S/C22H22ClF3N4O4/c23-11-1-2-16-14(3-11)15(31)6-17(33-16)19(32)28-21-8-20(9-21,10-21)18-7-27-30(29-18)12-4-13(5-12)34-22(24,25)26/h1-3,7,12-13,15,17,31H,4-6,8-10H2,(H,28,32)/t12?,13?,15-,17-,20?,21?/m1/s1. The number of carbonyl (C=O) groups is 1. The summed E-state index contributed by atoms with van der Waals surface area (Å²) in [4.78, 5) is 14.4. The highest BCUT2D eigenvalue weighted by atomic mass is 35.5. The van der Waals surface area contributed by atoms with Gasteiger partial charge in [0.05, 0.1) is 30.1 Å². The second-order valence-corrected chi connectivity index (χ2v) is 10.4. The van der Waals surface area contributed by atoms with Gasteiger partial charge >= 0.3 is 6.36 Å². The number of alkyl halides is 3. The minimum absolute atomic E-state index is 0.148. The molecule has 1 amide bonds. The van der Waals surface area contributed by atoms with Gasteiger partial charge in [0.1, 0.15) is 5.75 Å². The highest BCUT2D eigenvalue weighted by Gasteiger charge is 2.70. The first-order valence-corrected chi connectivity index (χ1v) is 11.5. The smallest absolute Gasteiger partial charge is 0.480 e. The molecular formula is C22H22ClF3N4O4. The van der Waals surface area contributed by atoms with Crippen LogP contribution in [-0.2, 0) is 14.9 Å². The Morgan fingerprint density at radius 1 is 1.26 bits per heavy atom. The van der Waals surface area contributed by atoms with Gasteiger partial charge in [0, 0.05) is 28.0 Å². The number of aromatic nitrogens is 3. The number of ether oxygens (including phenoxy) is 2. The summed E-state index contributed by atoms with van der Waals surface area (Å²) in [5.74, 6) is 0.189. The highest BCUT2D eigenvalue weighted by Crippen LogP contribution is 2.67. The number of aliphatic hydroxyl groups excluding tert-OH is 1. The molecule has 5 aliphatic rings. The summed E-state index contributed by atoms with van der Waals surface area (Å²) < 4.78 is 46.8. The van der Waals surface area contributed by atoms with Crippen molar-refractivity contribution in [3.63, 3.8) is 0 Å². The van der Waals surface area contributed by atoms with Crippen LogP contribution in [0, 0.1) is 0 Å². The average molecular weight is 499 g/mol. The summed E-state index contributed by atoms with van der Waals surface area (Å²) in [5, 5.41) is 22.8. The fraction of sp³-hybridized carbons (Fsp3) is 0.591. The maximum atomic E-state index is 12.9. The number of aliphatic hydroxyl groups is 1. The van der Waals surface area contributed by atoms with Crippen molar-refractivity contribution >= 4 is 17.5 Å². The monoisotopic (exact) mass is 498 g/mol. The first-order valence-electron chi connectivity index (χ1n) is 11.2. The number of nitrogens with zero attached hydrogens (tertiary/aromatic N) is 3. The Hall–Kier alpha value is -2.37. The molecule has 12 heteroatoms. The number of rotatable bonds is 5. The molecule has 0 unspecified atom stereocenters. The molecule has 2 bridgehead atoms. The van der Waals surface area contributed by atoms with E-state index in [1.165, 1.54) is 4.80 Å². The van der Waals surface area contributed by atoms with Crippen molar-refractivity contribution in [2.75, 3.05) is 0 Å². The third kappa shape index (κ3) is 3.64. The molecule has 4 aliphatic carbocycles. The molecule has 0 spiro atoms. The van der Waals surface area contributed by atoms with Crippen LogP contribution < -0.4 is 10.1 Å². The van der Waals surface area contributed by atoms with Gasteiger partial charge < -0.3 is 15.2 Å². The summed E-state index contributed by atoms with van der Waals surface area (Å²) in [6, 6.07) is 4.74. The molecule has 2 N–H and O–H groups in total. The minimum atomic E-state index is -4.62. The lowest BCUT2D eigenvalue weighted by atomic mass is 9.38. The highest BCUT2D eigenvalue weighted by molar-refractivity contribution is 6.30. The Labute approximate surface area is 197 Å². The van der Waals surface area contributed by atoms with E-state index in [1.807, 2.05) is 0 Å². The summed E-state index contributed by atoms with van der Waals surface area (Å²) in [5.41, 5.74) is 0.899. The van der Waals surface area contributed by atoms with E-state index >= 15 is 0 Å². The maximum absolute atomic E-state index is 12.9. The predicted octanol–water partition coefficient (Wildman–Crippen LogP) is 3.35. The second-order valence-electron chi connectivity index (χ2n) is 9.98. The zero-order valence-corrected chi connectivity index (χ0v) is 18.6. The molecule has 0 radical (unpaired) electrons. The van der Waals surface area contributed by atoms with Crippen LogP contribution in [0.2, 0.25) is 5.02 Å². The zero-order valence-electron chi connectivity index (χ0n) is 17.9. The largest absolute Gasteiger partial charge is 0.522 e. The molecular weight excluding hydrogens is 477 g/mol. The van der Waals surface area contributed by atoms with Crippen LogP contribution in [0.3, 0.4) is 0 Å². The quantitative estimate of drug-likeness (QED) is 0.656. The number of halogens is 4. The van der Waals surface area contributed by atoms with E-state index < -0.39 is 24.7 Å². The first kappa shape index (κ1) is 22.1. The summed E-state index contributed by atoms with van der Waals surface area (Å²) in [7, 11) is 0. The summed E-state index contributed by atoms with van der Waals surface area (Å²) in [6.45, 7) is 0. The van der Waals surface area contributed by atoms with E-state index in [0.717, 1.165) is 25.0 Å². The SMILES string of the molecule is O=C(NC12CC(c3cnn(C4CC(OC(F)(F)F)C4)n3)(C1)C2)[C@H]1C[C@@H](O)c2cc(Cl)ccc2O1. The van der Waals surface area contributed by atoms with Crippen LogP contribution >= 0.6 is 11.6 Å². The Balaban J connectivity index is 1.03. The minimum Gasteiger partial charge on any atom is -0.480 e. The van der Waals surface area contributed by atoms with Gasteiger partial charge in [-0.3, -0.25) is 9.53 Å². The van der Waals surface area contributed by atoms with Crippen LogP contribution in [0.5, 0.6) is 5.75 Å². The average Bonchev–Trinajstić information content (AvgIpc) is 3.14. The molecule has 34 heavy (non-hydrogen) atoms. The van der Waals surface area contributed by atoms with Crippen LogP contribution in [0.25, 0.3) is 0 Å². The van der Waals surface area contributed by atoms with Gasteiger partial charge in [-0.25, -0.2) is 0 Å². The van der Waals surface area contributed by atoms with Crippen LogP contribution in [-0.4, -0.2) is 50.1 Å². The topological polar surface area (TPSA) is 98.5 Å². The van der Waals surface area contributed by atoms with Crippen molar-refractivity contribution in [2.24, 2.45) is 0 Å². The lowest BCUT2D eigenvalue weighted by Gasteiger charge is -2.69. The maximum Gasteiger partial charge on any atom is 0.522 e. The third-order valence-corrected chi connectivity index (χ3v) is 7.73. The van der Waals surface area contributed by atoms with E-state index in [0.29, 0.717) is 16.3 Å². The molecule has 2 aromatic rings. The van der Waals surface area contributed by atoms with Gasteiger partial charge in [-0.2, -0.15) is 15.0 Å². The number of amides is 1. The molecule has 2 heterocycles. The summed E-state index contributed by atoms with van der Waals surface area (Å²) in [6.07, 6.45) is -2.67.